The molecule has 1 aromatic rings. The lowest BCUT2D eigenvalue weighted by atomic mass is 9.98. The lowest BCUT2D eigenvalue weighted by Gasteiger charge is -2.32. The van der Waals surface area contributed by atoms with Crippen molar-refractivity contribution in [1.29, 1.82) is 0 Å². The van der Waals surface area contributed by atoms with Gasteiger partial charge in [0.05, 0.1) is 5.69 Å². The van der Waals surface area contributed by atoms with Gasteiger partial charge in [0.2, 0.25) is 0 Å². The van der Waals surface area contributed by atoms with Gasteiger partial charge in [-0.15, -0.1) is 11.8 Å². The second-order valence-corrected chi connectivity index (χ2v) is 7.93. The second kappa shape index (κ2) is 8.67. The predicted octanol–water partition coefficient (Wildman–Crippen LogP) is 2.94. The van der Waals surface area contributed by atoms with Crippen molar-refractivity contribution >= 4 is 17.9 Å². The highest BCUT2D eigenvalue weighted by Crippen LogP contribution is 2.21. The van der Waals surface area contributed by atoms with Crippen LogP contribution < -0.4 is 5.32 Å². The number of nitrogens with zero attached hydrogens (tertiary/aromatic N) is 3. The fourth-order valence-electron chi connectivity index (χ4n) is 2.85. The summed E-state index contributed by atoms with van der Waals surface area (Å²) in [5.74, 6) is 0.445. The SMILES string of the molecule is CSc1nccnc1CN1CCC[C@H](CNC(=O)OC(C)(C)C)C1. The number of likely N-dealkylation sites (tertiary alicyclic amines) is 1. The summed E-state index contributed by atoms with van der Waals surface area (Å²) in [6.07, 6.45) is 7.44. The number of carbonyl (C=O) groups is 1. The van der Waals surface area contributed by atoms with Gasteiger partial charge in [-0.2, -0.15) is 0 Å². The topological polar surface area (TPSA) is 67.4 Å². The molecule has 1 aromatic heterocycles. The lowest BCUT2D eigenvalue weighted by molar-refractivity contribution is 0.0506. The molecule has 1 fully saturated rings. The number of hydrogen-bond donors (Lipinski definition) is 1. The molecule has 0 bridgehead atoms. The highest BCUT2D eigenvalue weighted by Gasteiger charge is 2.23. The van der Waals surface area contributed by atoms with Crippen LogP contribution in [0.4, 0.5) is 4.79 Å². The molecule has 0 saturated carbocycles. The van der Waals surface area contributed by atoms with E-state index in [1.807, 2.05) is 27.0 Å². The molecule has 1 aliphatic rings. The number of hydrogen-bond acceptors (Lipinski definition) is 6. The van der Waals surface area contributed by atoms with Crippen molar-refractivity contribution in [2.75, 3.05) is 25.9 Å². The molecular weight excluding hydrogens is 324 g/mol. The summed E-state index contributed by atoms with van der Waals surface area (Å²) < 4.78 is 5.30. The number of aromatic nitrogens is 2. The van der Waals surface area contributed by atoms with Gasteiger partial charge < -0.3 is 10.1 Å². The normalized spacial score (nSPS) is 19.1. The third-order valence-corrected chi connectivity index (χ3v) is 4.57. The highest BCUT2D eigenvalue weighted by molar-refractivity contribution is 7.98. The Balaban J connectivity index is 1.82. The maximum Gasteiger partial charge on any atom is 0.407 e. The first kappa shape index (κ1) is 19.0. The monoisotopic (exact) mass is 352 g/mol. The van der Waals surface area contributed by atoms with E-state index in [4.69, 9.17) is 4.74 Å². The molecule has 0 unspecified atom stereocenters. The molecule has 2 heterocycles. The zero-order valence-electron chi connectivity index (χ0n) is 15.0. The van der Waals surface area contributed by atoms with Gasteiger partial charge >= 0.3 is 6.09 Å². The number of thioether (sulfide) groups is 1. The lowest BCUT2D eigenvalue weighted by Crippen LogP contribution is -2.42. The number of alkyl carbamates (subject to hydrolysis) is 1. The second-order valence-electron chi connectivity index (χ2n) is 7.14. The number of rotatable bonds is 5. The molecule has 7 heteroatoms. The third kappa shape index (κ3) is 6.28. The van der Waals surface area contributed by atoms with Crippen molar-refractivity contribution in [3.63, 3.8) is 0 Å². The number of amides is 1. The van der Waals surface area contributed by atoms with Crippen molar-refractivity contribution in [2.24, 2.45) is 5.92 Å². The molecule has 1 amide bonds. The molecule has 6 nitrogen and oxygen atoms in total. The maximum atomic E-state index is 11.8. The Labute approximate surface area is 148 Å². The van der Waals surface area contributed by atoms with E-state index in [0.717, 1.165) is 43.2 Å². The van der Waals surface area contributed by atoms with E-state index < -0.39 is 5.60 Å². The quantitative estimate of drug-likeness (QED) is 0.822. The summed E-state index contributed by atoms with van der Waals surface area (Å²) in [6, 6.07) is 0. The summed E-state index contributed by atoms with van der Waals surface area (Å²) in [5.41, 5.74) is 0.578. The van der Waals surface area contributed by atoms with E-state index in [2.05, 4.69) is 20.2 Å². The zero-order valence-corrected chi connectivity index (χ0v) is 15.9. The van der Waals surface area contributed by atoms with Crippen LogP contribution in [0.2, 0.25) is 0 Å². The Bertz CT molecular complexity index is 548. The van der Waals surface area contributed by atoms with Crippen molar-refractivity contribution in [3.05, 3.63) is 18.1 Å². The molecule has 134 valence electrons. The van der Waals surface area contributed by atoms with Crippen LogP contribution in [-0.2, 0) is 11.3 Å². The Morgan fingerprint density at radius 3 is 2.88 bits per heavy atom. The molecule has 1 saturated heterocycles. The minimum absolute atomic E-state index is 0.335. The maximum absolute atomic E-state index is 11.8. The van der Waals surface area contributed by atoms with E-state index in [-0.39, 0.29) is 6.09 Å². The van der Waals surface area contributed by atoms with E-state index in [1.165, 1.54) is 0 Å². The minimum Gasteiger partial charge on any atom is -0.444 e. The molecule has 1 N–H and O–H groups in total. The molecule has 2 rings (SSSR count). The first-order valence-corrected chi connectivity index (χ1v) is 9.63. The molecule has 24 heavy (non-hydrogen) atoms. The number of ether oxygens (including phenoxy) is 1. The molecule has 0 spiro atoms. The largest absolute Gasteiger partial charge is 0.444 e. The zero-order chi connectivity index (χ0) is 17.6. The predicted molar refractivity (Wildman–Crippen MR) is 96.1 cm³/mol. The fraction of sp³-hybridized carbons (Fsp3) is 0.706. The summed E-state index contributed by atoms with van der Waals surface area (Å²) in [7, 11) is 0. The van der Waals surface area contributed by atoms with Crippen LogP contribution in [0.1, 0.15) is 39.3 Å². The van der Waals surface area contributed by atoms with Gasteiger partial charge in [0.15, 0.2) is 0 Å². The van der Waals surface area contributed by atoms with Crippen molar-refractivity contribution in [2.45, 2.75) is 50.8 Å². The highest BCUT2D eigenvalue weighted by atomic mass is 32.2. The van der Waals surface area contributed by atoms with Gasteiger partial charge in [0, 0.05) is 32.0 Å². The van der Waals surface area contributed by atoms with Gasteiger partial charge in [-0.25, -0.2) is 9.78 Å². The molecule has 1 atom stereocenters. The standard InChI is InChI=1S/C17H28N4O2S/c1-17(2,3)23-16(22)20-10-13-6-5-9-21(11-13)12-14-15(24-4)19-8-7-18-14/h7-8,13H,5-6,9-12H2,1-4H3,(H,20,22)/t13-/m1/s1. The van der Waals surface area contributed by atoms with Crippen LogP contribution in [0.15, 0.2) is 17.4 Å². The van der Waals surface area contributed by atoms with Gasteiger partial charge in [-0.1, -0.05) is 0 Å². The van der Waals surface area contributed by atoms with Crippen molar-refractivity contribution < 1.29 is 9.53 Å². The van der Waals surface area contributed by atoms with E-state index in [0.29, 0.717) is 12.5 Å². The summed E-state index contributed by atoms with van der Waals surface area (Å²) in [4.78, 5) is 23.0. The summed E-state index contributed by atoms with van der Waals surface area (Å²) >= 11 is 1.63. The Kier molecular flexibility index (Phi) is 6.86. The van der Waals surface area contributed by atoms with Crippen molar-refractivity contribution in [3.8, 4) is 0 Å². The molecule has 0 radical (unpaired) electrons. The molecular formula is C17H28N4O2S. The number of nitrogens with one attached hydrogen (secondary N) is 1. The first-order chi connectivity index (χ1) is 11.4. The van der Waals surface area contributed by atoms with Crippen molar-refractivity contribution in [1.82, 2.24) is 20.2 Å². The third-order valence-electron chi connectivity index (χ3n) is 3.84. The van der Waals surface area contributed by atoms with Crippen LogP contribution >= 0.6 is 11.8 Å². The van der Waals surface area contributed by atoms with Gasteiger partial charge in [0.25, 0.3) is 0 Å². The smallest absolute Gasteiger partial charge is 0.407 e. The average molecular weight is 353 g/mol. The minimum atomic E-state index is -0.455. The fourth-order valence-corrected chi connectivity index (χ4v) is 3.37. The number of piperidine rings is 1. The number of carbonyl (C=O) groups excluding carboxylic acids is 1. The van der Waals surface area contributed by atoms with E-state index >= 15 is 0 Å². The summed E-state index contributed by atoms with van der Waals surface area (Å²) in [6.45, 7) is 9.11. The van der Waals surface area contributed by atoms with Crippen LogP contribution in [-0.4, -0.2) is 52.5 Å². The first-order valence-electron chi connectivity index (χ1n) is 8.40. The van der Waals surface area contributed by atoms with Gasteiger partial charge in [-0.05, 0) is 52.3 Å². The Hall–Kier alpha value is -1.34. The van der Waals surface area contributed by atoms with E-state index in [1.54, 1.807) is 24.2 Å². The van der Waals surface area contributed by atoms with Crippen LogP contribution in [0.3, 0.4) is 0 Å². The van der Waals surface area contributed by atoms with Gasteiger partial charge in [-0.3, -0.25) is 9.88 Å². The van der Waals surface area contributed by atoms with Crippen LogP contribution in [0.5, 0.6) is 0 Å². The molecule has 1 aliphatic heterocycles. The average Bonchev–Trinajstić information content (AvgIpc) is 2.52. The van der Waals surface area contributed by atoms with Crippen LogP contribution in [0, 0.1) is 5.92 Å². The van der Waals surface area contributed by atoms with E-state index in [9.17, 15) is 4.79 Å². The molecule has 0 aliphatic carbocycles. The van der Waals surface area contributed by atoms with Gasteiger partial charge in [0.1, 0.15) is 10.6 Å². The van der Waals surface area contributed by atoms with Crippen LogP contribution in [0.25, 0.3) is 0 Å². The Morgan fingerprint density at radius 1 is 1.42 bits per heavy atom. The summed E-state index contributed by atoms with van der Waals surface area (Å²) in [5, 5.41) is 3.89. The molecule has 0 aromatic carbocycles. The Morgan fingerprint density at radius 2 is 2.17 bits per heavy atom.